The fourth-order valence-corrected chi connectivity index (χ4v) is 1.93. The zero-order valence-corrected chi connectivity index (χ0v) is 9.44. The summed E-state index contributed by atoms with van der Waals surface area (Å²) in [5.41, 5.74) is 6.61. The van der Waals surface area contributed by atoms with Gasteiger partial charge >= 0.3 is 6.03 Å². The van der Waals surface area contributed by atoms with Crippen molar-refractivity contribution in [3.8, 4) is 0 Å². The van der Waals surface area contributed by atoms with Gasteiger partial charge in [-0.1, -0.05) is 6.92 Å². The van der Waals surface area contributed by atoms with Crippen molar-refractivity contribution in [1.29, 1.82) is 0 Å². The minimum atomic E-state index is -0.0000926. The van der Waals surface area contributed by atoms with Gasteiger partial charge < -0.3 is 20.9 Å². The highest BCUT2D eigenvalue weighted by Gasteiger charge is 2.30. The van der Waals surface area contributed by atoms with E-state index in [0.717, 1.165) is 12.2 Å². The van der Waals surface area contributed by atoms with Crippen LogP contribution in [-0.4, -0.2) is 35.5 Å². The molecule has 88 valence electrons. The topological polar surface area (TPSA) is 74.2 Å². The first kappa shape index (κ1) is 11.0. The van der Waals surface area contributed by atoms with E-state index < -0.39 is 0 Å². The highest BCUT2D eigenvalue weighted by Crippen LogP contribution is 2.19. The lowest BCUT2D eigenvalue weighted by Crippen LogP contribution is -2.34. The number of aromatic amines is 1. The SMILES string of the molecule is CC(CN)CN1CC(c2ccc[nH]2)NC1=O. The largest absolute Gasteiger partial charge is 0.363 e. The molecule has 0 saturated carbocycles. The van der Waals surface area contributed by atoms with Gasteiger partial charge in [0.1, 0.15) is 0 Å². The monoisotopic (exact) mass is 222 g/mol. The van der Waals surface area contributed by atoms with Crippen LogP contribution in [0.1, 0.15) is 18.7 Å². The van der Waals surface area contributed by atoms with Gasteiger partial charge in [0.15, 0.2) is 0 Å². The molecule has 0 spiro atoms. The Kier molecular flexibility index (Phi) is 3.14. The third kappa shape index (κ3) is 2.19. The lowest BCUT2D eigenvalue weighted by atomic mass is 10.1. The molecule has 1 aliphatic heterocycles. The highest BCUT2D eigenvalue weighted by atomic mass is 16.2. The Morgan fingerprint density at radius 1 is 1.69 bits per heavy atom. The van der Waals surface area contributed by atoms with Gasteiger partial charge in [-0.05, 0) is 24.6 Å². The molecule has 2 heterocycles. The molecule has 5 nitrogen and oxygen atoms in total. The number of H-pyrrole nitrogens is 1. The summed E-state index contributed by atoms with van der Waals surface area (Å²) in [6.45, 7) is 4.09. The van der Waals surface area contributed by atoms with Crippen LogP contribution in [-0.2, 0) is 0 Å². The van der Waals surface area contributed by atoms with E-state index in [4.69, 9.17) is 5.73 Å². The molecule has 0 aromatic carbocycles. The van der Waals surface area contributed by atoms with Crippen molar-refractivity contribution in [2.75, 3.05) is 19.6 Å². The maximum Gasteiger partial charge on any atom is 0.318 e. The summed E-state index contributed by atoms with van der Waals surface area (Å²) in [7, 11) is 0. The maximum absolute atomic E-state index is 11.7. The van der Waals surface area contributed by atoms with Crippen LogP contribution >= 0.6 is 0 Å². The molecule has 1 saturated heterocycles. The smallest absolute Gasteiger partial charge is 0.318 e. The summed E-state index contributed by atoms with van der Waals surface area (Å²) in [4.78, 5) is 16.6. The first-order valence-corrected chi connectivity index (χ1v) is 5.59. The van der Waals surface area contributed by atoms with E-state index in [9.17, 15) is 4.79 Å². The van der Waals surface area contributed by atoms with Crippen molar-refractivity contribution < 1.29 is 4.79 Å². The summed E-state index contributed by atoms with van der Waals surface area (Å²) in [5, 5.41) is 2.95. The number of nitrogens with two attached hydrogens (primary N) is 1. The second kappa shape index (κ2) is 4.57. The molecular weight excluding hydrogens is 204 g/mol. The van der Waals surface area contributed by atoms with Crippen LogP contribution in [0, 0.1) is 5.92 Å². The normalized spacial score (nSPS) is 22.2. The van der Waals surface area contributed by atoms with Gasteiger partial charge in [-0.3, -0.25) is 0 Å². The first-order chi connectivity index (χ1) is 7.70. The van der Waals surface area contributed by atoms with E-state index in [1.807, 2.05) is 23.2 Å². The number of aromatic nitrogens is 1. The average Bonchev–Trinajstić information content (AvgIpc) is 2.88. The van der Waals surface area contributed by atoms with E-state index in [1.165, 1.54) is 0 Å². The van der Waals surface area contributed by atoms with Crippen LogP contribution in [0.15, 0.2) is 18.3 Å². The van der Waals surface area contributed by atoms with Gasteiger partial charge in [0.25, 0.3) is 0 Å². The van der Waals surface area contributed by atoms with Gasteiger partial charge in [0.2, 0.25) is 0 Å². The number of nitrogens with one attached hydrogen (secondary N) is 2. The Morgan fingerprint density at radius 2 is 2.50 bits per heavy atom. The van der Waals surface area contributed by atoms with Crippen LogP contribution in [0.3, 0.4) is 0 Å². The van der Waals surface area contributed by atoms with Crippen molar-refractivity contribution >= 4 is 6.03 Å². The van der Waals surface area contributed by atoms with Crippen LogP contribution in [0.25, 0.3) is 0 Å². The number of nitrogens with zero attached hydrogens (tertiary/aromatic N) is 1. The summed E-state index contributed by atoms with van der Waals surface area (Å²) in [5.74, 6) is 0.341. The van der Waals surface area contributed by atoms with Crippen molar-refractivity contribution in [1.82, 2.24) is 15.2 Å². The van der Waals surface area contributed by atoms with Crippen molar-refractivity contribution in [2.45, 2.75) is 13.0 Å². The van der Waals surface area contributed by atoms with E-state index >= 15 is 0 Å². The number of rotatable bonds is 4. The summed E-state index contributed by atoms with van der Waals surface area (Å²) >= 11 is 0. The van der Waals surface area contributed by atoms with E-state index in [0.29, 0.717) is 19.0 Å². The molecule has 1 fully saturated rings. The fraction of sp³-hybridized carbons (Fsp3) is 0.545. The molecule has 2 unspecified atom stereocenters. The Labute approximate surface area is 95.0 Å². The Balaban J connectivity index is 1.97. The molecule has 2 atom stereocenters. The molecule has 5 heteroatoms. The van der Waals surface area contributed by atoms with Crippen LogP contribution in [0.2, 0.25) is 0 Å². The summed E-state index contributed by atoms with van der Waals surface area (Å²) in [6.07, 6.45) is 1.87. The molecule has 4 N–H and O–H groups in total. The first-order valence-electron chi connectivity index (χ1n) is 5.59. The summed E-state index contributed by atoms with van der Waals surface area (Å²) in [6, 6.07) is 4.00. The Morgan fingerprint density at radius 3 is 3.12 bits per heavy atom. The number of carbonyl (C=O) groups is 1. The predicted molar refractivity (Wildman–Crippen MR) is 61.9 cm³/mol. The number of hydrogen-bond acceptors (Lipinski definition) is 2. The van der Waals surface area contributed by atoms with E-state index in [-0.39, 0.29) is 12.1 Å². The predicted octanol–water partition coefficient (Wildman–Crippen LogP) is 0.676. The molecule has 0 bridgehead atoms. The van der Waals surface area contributed by atoms with Crippen molar-refractivity contribution in [3.63, 3.8) is 0 Å². The third-order valence-corrected chi connectivity index (χ3v) is 2.92. The minimum absolute atomic E-state index is 0.0000926. The molecular formula is C11H18N4O. The zero-order chi connectivity index (χ0) is 11.5. The van der Waals surface area contributed by atoms with Gasteiger partial charge in [-0.2, -0.15) is 0 Å². The lowest BCUT2D eigenvalue weighted by Gasteiger charge is -2.18. The van der Waals surface area contributed by atoms with Gasteiger partial charge in [0, 0.05) is 25.0 Å². The molecule has 1 aliphatic rings. The number of urea groups is 1. The third-order valence-electron chi connectivity index (χ3n) is 2.92. The maximum atomic E-state index is 11.7. The van der Waals surface area contributed by atoms with Crippen LogP contribution < -0.4 is 11.1 Å². The Bertz CT molecular complexity index is 349. The molecule has 1 aromatic rings. The lowest BCUT2D eigenvalue weighted by molar-refractivity contribution is 0.211. The average molecular weight is 222 g/mol. The second-order valence-corrected chi connectivity index (χ2v) is 4.37. The Hall–Kier alpha value is -1.49. The molecule has 2 rings (SSSR count). The molecule has 0 radical (unpaired) electrons. The fourth-order valence-electron chi connectivity index (χ4n) is 1.93. The molecule has 1 aromatic heterocycles. The quantitative estimate of drug-likeness (QED) is 0.700. The van der Waals surface area contributed by atoms with Crippen LogP contribution in [0.4, 0.5) is 4.79 Å². The van der Waals surface area contributed by atoms with Gasteiger partial charge in [-0.15, -0.1) is 0 Å². The van der Waals surface area contributed by atoms with Gasteiger partial charge in [-0.25, -0.2) is 4.79 Å². The number of hydrogen-bond donors (Lipinski definition) is 3. The number of carbonyl (C=O) groups excluding carboxylic acids is 1. The minimum Gasteiger partial charge on any atom is -0.363 e. The zero-order valence-electron chi connectivity index (χ0n) is 9.44. The van der Waals surface area contributed by atoms with E-state index in [2.05, 4.69) is 17.2 Å². The number of amides is 2. The molecule has 2 amide bonds. The van der Waals surface area contributed by atoms with Crippen LogP contribution in [0.5, 0.6) is 0 Å². The summed E-state index contributed by atoms with van der Waals surface area (Å²) < 4.78 is 0. The van der Waals surface area contributed by atoms with Crippen molar-refractivity contribution in [3.05, 3.63) is 24.0 Å². The van der Waals surface area contributed by atoms with Gasteiger partial charge in [0.05, 0.1) is 6.04 Å². The van der Waals surface area contributed by atoms with Crippen molar-refractivity contribution in [2.24, 2.45) is 11.7 Å². The molecule has 16 heavy (non-hydrogen) atoms. The van der Waals surface area contributed by atoms with E-state index in [1.54, 1.807) is 0 Å². The molecule has 0 aliphatic carbocycles. The standard InChI is InChI=1S/C11H18N4O/c1-8(5-12)6-15-7-10(14-11(15)16)9-3-2-4-13-9/h2-4,8,10,13H,5-7,12H2,1H3,(H,14,16). The highest BCUT2D eigenvalue weighted by molar-refractivity contribution is 5.77. The second-order valence-electron chi connectivity index (χ2n) is 4.37.